The molecular formula is C8H11NO6. The van der Waals surface area contributed by atoms with Crippen LogP contribution in [0.2, 0.25) is 0 Å². The van der Waals surface area contributed by atoms with E-state index in [-0.39, 0.29) is 6.61 Å². The van der Waals surface area contributed by atoms with Crippen LogP contribution >= 0.6 is 0 Å². The van der Waals surface area contributed by atoms with Gasteiger partial charge in [0.15, 0.2) is 0 Å². The van der Waals surface area contributed by atoms with Crippen molar-refractivity contribution in [3.8, 4) is 6.07 Å². The van der Waals surface area contributed by atoms with Gasteiger partial charge in [0.1, 0.15) is 12.7 Å². The summed E-state index contributed by atoms with van der Waals surface area (Å²) >= 11 is 0. The van der Waals surface area contributed by atoms with Crippen LogP contribution < -0.4 is 0 Å². The smallest absolute Gasteiger partial charge is 0.450 e. The lowest BCUT2D eigenvalue weighted by Crippen LogP contribution is -2.20. The molecule has 0 fully saturated rings. The summed E-state index contributed by atoms with van der Waals surface area (Å²) in [5.41, 5.74) is 0. The third-order valence-corrected chi connectivity index (χ3v) is 0.835. The molecule has 0 spiro atoms. The van der Waals surface area contributed by atoms with E-state index in [1.54, 1.807) is 6.07 Å². The number of carbonyl (C=O) groups is 2. The fourth-order valence-corrected chi connectivity index (χ4v) is 0.395. The number of hydrogen-bond acceptors (Lipinski definition) is 5. The number of allylic oxidation sites excluding steroid dienone is 1. The number of rotatable bonds is 3. The molecule has 0 heterocycles. The quantitative estimate of drug-likeness (QED) is 0.542. The molecule has 15 heavy (non-hydrogen) atoms. The first kappa shape index (κ1) is 15.3. The average Bonchev–Trinajstić information content (AvgIpc) is 2.14. The van der Waals surface area contributed by atoms with Crippen molar-refractivity contribution in [2.24, 2.45) is 0 Å². The van der Waals surface area contributed by atoms with Crippen molar-refractivity contribution in [3.05, 3.63) is 12.7 Å². The van der Waals surface area contributed by atoms with Gasteiger partial charge in [-0.2, -0.15) is 5.26 Å². The molecular weight excluding hydrogens is 206 g/mol. The Labute approximate surface area is 86.1 Å². The first-order chi connectivity index (χ1) is 6.93. The molecule has 0 rings (SSSR count). The van der Waals surface area contributed by atoms with Crippen LogP contribution in [0.5, 0.6) is 0 Å². The van der Waals surface area contributed by atoms with Gasteiger partial charge in [0.2, 0.25) is 0 Å². The van der Waals surface area contributed by atoms with Gasteiger partial charge < -0.3 is 19.7 Å². The highest BCUT2D eigenvalue weighted by Gasteiger charge is 2.09. The topological polar surface area (TPSA) is 117 Å². The van der Waals surface area contributed by atoms with Gasteiger partial charge in [0, 0.05) is 6.08 Å². The lowest BCUT2D eigenvalue weighted by atomic mass is 10.4. The van der Waals surface area contributed by atoms with Gasteiger partial charge in [-0.15, -0.1) is 0 Å². The molecule has 0 aliphatic rings. The van der Waals surface area contributed by atoms with E-state index < -0.39 is 18.4 Å². The zero-order chi connectivity index (χ0) is 12.3. The molecule has 0 aromatic rings. The van der Waals surface area contributed by atoms with Crippen LogP contribution in [-0.4, -0.2) is 35.2 Å². The van der Waals surface area contributed by atoms with E-state index in [1.807, 2.05) is 0 Å². The molecule has 0 saturated carbocycles. The first-order valence-corrected chi connectivity index (χ1v) is 3.69. The fourth-order valence-electron chi connectivity index (χ4n) is 0.395. The number of nitrogens with zero attached hydrogens (tertiary/aromatic N) is 1. The van der Waals surface area contributed by atoms with E-state index in [0.29, 0.717) is 0 Å². The molecule has 0 saturated heterocycles. The second-order valence-electron chi connectivity index (χ2n) is 2.10. The molecule has 0 bridgehead atoms. The molecule has 2 N–H and O–H groups in total. The lowest BCUT2D eigenvalue weighted by molar-refractivity contribution is 0.0122. The third kappa shape index (κ3) is 18.6. The van der Waals surface area contributed by atoms with Crippen LogP contribution in [0, 0.1) is 11.3 Å². The van der Waals surface area contributed by atoms with Gasteiger partial charge in [-0.1, -0.05) is 6.58 Å². The standard InChI is InChI=1S/C5H8O6.C3H3N/c1-3(11-5(8)9)2-10-4(6)7;1-2-3-4/h3H,2H2,1H3,(H,6,7)(H,8,9);2H,1H2. The largest absolute Gasteiger partial charge is 0.506 e. The van der Waals surface area contributed by atoms with Crippen LogP contribution in [0.25, 0.3) is 0 Å². The Morgan fingerprint density at radius 2 is 2.00 bits per heavy atom. The Morgan fingerprint density at radius 1 is 1.53 bits per heavy atom. The van der Waals surface area contributed by atoms with Crippen molar-refractivity contribution < 1.29 is 29.3 Å². The van der Waals surface area contributed by atoms with E-state index in [9.17, 15) is 9.59 Å². The molecule has 0 amide bonds. The number of nitriles is 1. The summed E-state index contributed by atoms with van der Waals surface area (Å²) < 4.78 is 8.16. The van der Waals surface area contributed by atoms with Crippen LogP contribution in [0.3, 0.4) is 0 Å². The van der Waals surface area contributed by atoms with Gasteiger partial charge in [-0.05, 0) is 6.92 Å². The van der Waals surface area contributed by atoms with Crippen LogP contribution in [0.1, 0.15) is 6.92 Å². The summed E-state index contributed by atoms with van der Waals surface area (Å²) in [7, 11) is 0. The van der Waals surface area contributed by atoms with Gasteiger partial charge in [0.25, 0.3) is 0 Å². The highest BCUT2D eigenvalue weighted by Crippen LogP contribution is 1.92. The Morgan fingerprint density at radius 3 is 2.27 bits per heavy atom. The summed E-state index contributed by atoms with van der Waals surface area (Å²) in [5.74, 6) is 0. The highest BCUT2D eigenvalue weighted by molar-refractivity contribution is 5.58. The number of carboxylic acid groups (broad SMARTS) is 2. The summed E-state index contributed by atoms with van der Waals surface area (Å²) in [4.78, 5) is 19.6. The van der Waals surface area contributed by atoms with Crippen molar-refractivity contribution in [2.75, 3.05) is 6.61 Å². The Balaban J connectivity index is 0. The number of ether oxygens (including phenoxy) is 2. The minimum atomic E-state index is -1.45. The zero-order valence-corrected chi connectivity index (χ0v) is 8.04. The Bertz CT molecular complexity index is 256. The minimum absolute atomic E-state index is 0.290. The maximum atomic E-state index is 9.83. The molecule has 0 radical (unpaired) electrons. The highest BCUT2D eigenvalue weighted by atomic mass is 16.7. The van der Waals surface area contributed by atoms with E-state index in [0.717, 1.165) is 0 Å². The molecule has 7 heteroatoms. The molecule has 0 aromatic heterocycles. The predicted molar refractivity (Wildman–Crippen MR) is 48.4 cm³/mol. The van der Waals surface area contributed by atoms with Gasteiger partial charge >= 0.3 is 12.3 Å². The van der Waals surface area contributed by atoms with Crippen molar-refractivity contribution >= 4 is 12.3 Å². The number of hydrogen-bond donors (Lipinski definition) is 2. The van der Waals surface area contributed by atoms with Crippen molar-refractivity contribution in [1.29, 1.82) is 5.26 Å². The lowest BCUT2D eigenvalue weighted by Gasteiger charge is -2.08. The molecule has 7 nitrogen and oxygen atoms in total. The molecule has 84 valence electrons. The van der Waals surface area contributed by atoms with E-state index in [2.05, 4.69) is 16.1 Å². The molecule has 0 aliphatic heterocycles. The van der Waals surface area contributed by atoms with E-state index >= 15 is 0 Å². The fraction of sp³-hybridized carbons (Fsp3) is 0.375. The molecule has 1 unspecified atom stereocenters. The third-order valence-electron chi connectivity index (χ3n) is 0.835. The van der Waals surface area contributed by atoms with Crippen LogP contribution in [0.4, 0.5) is 9.59 Å². The Hall–Kier alpha value is -2.23. The van der Waals surface area contributed by atoms with Crippen LogP contribution in [-0.2, 0) is 9.47 Å². The second-order valence-corrected chi connectivity index (χ2v) is 2.10. The predicted octanol–water partition coefficient (Wildman–Crippen LogP) is 1.46. The summed E-state index contributed by atoms with van der Waals surface area (Å²) in [6.45, 7) is 4.21. The molecule has 0 aromatic carbocycles. The Kier molecular flexibility index (Phi) is 10.0. The van der Waals surface area contributed by atoms with Crippen LogP contribution in [0.15, 0.2) is 12.7 Å². The molecule has 0 aliphatic carbocycles. The second kappa shape index (κ2) is 9.85. The van der Waals surface area contributed by atoms with Gasteiger partial charge in [-0.3, -0.25) is 0 Å². The van der Waals surface area contributed by atoms with Crippen molar-refractivity contribution in [3.63, 3.8) is 0 Å². The van der Waals surface area contributed by atoms with E-state index in [4.69, 9.17) is 15.5 Å². The normalized spacial score (nSPS) is 9.60. The molecule has 1 atom stereocenters. The summed E-state index contributed by atoms with van der Waals surface area (Å²) in [6.07, 6.45) is -2.50. The summed E-state index contributed by atoms with van der Waals surface area (Å²) in [5, 5.41) is 23.5. The van der Waals surface area contributed by atoms with Gasteiger partial charge in [-0.25, -0.2) is 9.59 Å². The minimum Gasteiger partial charge on any atom is -0.450 e. The first-order valence-electron chi connectivity index (χ1n) is 3.69. The zero-order valence-electron chi connectivity index (χ0n) is 8.04. The maximum absolute atomic E-state index is 9.83. The summed E-state index contributed by atoms with van der Waals surface area (Å²) in [6, 6.07) is 1.69. The van der Waals surface area contributed by atoms with Crippen molar-refractivity contribution in [2.45, 2.75) is 13.0 Å². The monoisotopic (exact) mass is 217 g/mol. The van der Waals surface area contributed by atoms with Crippen molar-refractivity contribution in [1.82, 2.24) is 0 Å². The average molecular weight is 217 g/mol. The van der Waals surface area contributed by atoms with E-state index in [1.165, 1.54) is 13.0 Å². The SMILES string of the molecule is C=CC#N.CC(COC(=O)O)OC(=O)O. The maximum Gasteiger partial charge on any atom is 0.506 e. The van der Waals surface area contributed by atoms with Gasteiger partial charge in [0.05, 0.1) is 6.07 Å².